The van der Waals surface area contributed by atoms with E-state index in [1.54, 1.807) is 24.4 Å². The van der Waals surface area contributed by atoms with E-state index in [4.69, 9.17) is 16.3 Å². The molecule has 1 saturated carbocycles. The number of rotatable bonds is 5. The third kappa shape index (κ3) is 4.17. The maximum atomic E-state index is 13.3. The number of para-hydroxylation sites is 1. The summed E-state index contributed by atoms with van der Waals surface area (Å²) in [4.78, 5) is 28.7. The Morgan fingerprint density at radius 3 is 2.54 bits per heavy atom. The minimum absolute atomic E-state index is 0.228. The fraction of sp³-hybridized carbons (Fsp3) is 0.143. The standard InChI is InChI=1S/C28H23ClN2O4/c1-17-22-11-10-20(29)15-25(22)31(21-6-4-3-5-7-21)26(28(34)35-2)23(17)16-30-13-12-19(27(32)33)14-24(30)18-8-9-18/h3-7,10-15H,1,8-9,16H2,2H3,(H,32,33). The monoisotopic (exact) mass is 486 g/mol. The van der Waals surface area contributed by atoms with E-state index in [1.165, 1.54) is 12.7 Å². The van der Waals surface area contributed by atoms with Crippen LogP contribution < -0.4 is 4.90 Å². The molecule has 0 amide bonds. The van der Waals surface area contributed by atoms with E-state index < -0.39 is 11.9 Å². The minimum atomic E-state index is -0.975. The molecule has 2 aromatic carbocycles. The SMILES string of the molecule is C=C1C(CN2C=CC(C(=O)O)=CC2=C2CC2)=C(C(=O)OC)N(c2ccccc2)c2cc(Cl)ccc21. The number of allylic oxidation sites excluding steroid dienone is 2. The van der Waals surface area contributed by atoms with Crippen molar-refractivity contribution in [1.29, 1.82) is 0 Å². The number of carbonyl (C=O) groups excluding carboxylic acids is 1. The Bertz CT molecular complexity index is 1380. The normalized spacial score (nSPS) is 16.9. The van der Waals surface area contributed by atoms with Gasteiger partial charge in [-0.2, -0.15) is 0 Å². The fourth-order valence-corrected chi connectivity index (χ4v) is 4.59. The van der Waals surface area contributed by atoms with Crippen molar-refractivity contribution in [2.24, 2.45) is 0 Å². The van der Waals surface area contributed by atoms with Gasteiger partial charge < -0.3 is 19.6 Å². The zero-order chi connectivity index (χ0) is 24.7. The average Bonchev–Trinajstić information content (AvgIpc) is 3.71. The van der Waals surface area contributed by atoms with Crippen LogP contribution in [0.15, 0.2) is 102 Å². The smallest absolute Gasteiger partial charge is 0.355 e. The van der Waals surface area contributed by atoms with Crippen molar-refractivity contribution < 1.29 is 19.4 Å². The van der Waals surface area contributed by atoms with Crippen LogP contribution in [0.4, 0.5) is 11.4 Å². The Hall–Kier alpha value is -4.03. The molecule has 0 unspecified atom stereocenters. The number of fused-ring (bicyclic) bond motifs is 1. The van der Waals surface area contributed by atoms with Gasteiger partial charge in [-0.25, -0.2) is 9.59 Å². The number of carbonyl (C=O) groups is 2. The highest BCUT2D eigenvalue weighted by atomic mass is 35.5. The van der Waals surface area contributed by atoms with Gasteiger partial charge in [0.2, 0.25) is 0 Å². The molecule has 7 heteroatoms. The number of carboxylic acid groups (broad SMARTS) is 1. The maximum Gasteiger partial charge on any atom is 0.355 e. The van der Waals surface area contributed by atoms with Crippen LogP contribution in [0.1, 0.15) is 18.4 Å². The van der Waals surface area contributed by atoms with Crippen LogP contribution in [-0.4, -0.2) is 35.6 Å². The first kappa shape index (κ1) is 22.7. The number of nitrogens with zero attached hydrogens (tertiary/aromatic N) is 2. The lowest BCUT2D eigenvalue weighted by atomic mass is 9.89. The molecule has 5 rings (SSSR count). The Morgan fingerprint density at radius 2 is 1.89 bits per heavy atom. The van der Waals surface area contributed by atoms with Gasteiger partial charge in [-0.3, -0.25) is 0 Å². The average molecular weight is 487 g/mol. The van der Waals surface area contributed by atoms with E-state index in [2.05, 4.69) is 6.58 Å². The van der Waals surface area contributed by atoms with E-state index >= 15 is 0 Å². The van der Waals surface area contributed by atoms with Crippen LogP contribution in [0.2, 0.25) is 5.02 Å². The van der Waals surface area contributed by atoms with Crippen molar-refractivity contribution in [2.45, 2.75) is 12.8 Å². The summed E-state index contributed by atoms with van der Waals surface area (Å²) < 4.78 is 5.24. The second kappa shape index (κ2) is 8.96. The van der Waals surface area contributed by atoms with Gasteiger partial charge >= 0.3 is 11.9 Å². The van der Waals surface area contributed by atoms with E-state index in [-0.39, 0.29) is 5.57 Å². The molecule has 0 saturated heterocycles. The van der Waals surface area contributed by atoms with Crippen LogP contribution in [0.25, 0.3) is 5.57 Å². The largest absolute Gasteiger partial charge is 0.478 e. The van der Waals surface area contributed by atoms with Crippen LogP contribution >= 0.6 is 11.6 Å². The number of esters is 1. The molecule has 0 bridgehead atoms. The predicted molar refractivity (Wildman–Crippen MR) is 136 cm³/mol. The molecule has 3 aliphatic rings. The summed E-state index contributed by atoms with van der Waals surface area (Å²) in [6, 6.07) is 15.1. The topological polar surface area (TPSA) is 70.1 Å². The maximum absolute atomic E-state index is 13.3. The minimum Gasteiger partial charge on any atom is -0.478 e. The molecule has 1 N–H and O–H groups in total. The summed E-state index contributed by atoms with van der Waals surface area (Å²) in [7, 11) is 1.35. The molecule has 2 aliphatic heterocycles. The molecule has 2 heterocycles. The van der Waals surface area contributed by atoms with E-state index in [9.17, 15) is 14.7 Å². The molecule has 0 spiro atoms. The molecule has 1 aliphatic carbocycles. The van der Waals surface area contributed by atoms with Crippen LogP contribution in [0.5, 0.6) is 0 Å². The molecule has 35 heavy (non-hydrogen) atoms. The quantitative estimate of drug-likeness (QED) is 0.537. The van der Waals surface area contributed by atoms with Gasteiger partial charge in [-0.15, -0.1) is 0 Å². The number of benzene rings is 2. The van der Waals surface area contributed by atoms with Crippen molar-refractivity contribution in [3.05, 3.63) is 112 Å². The van der Waals surface area contributed by atoms with Crippen LogP contribution in [0.3, 0.4) is 0 Å². The third-order valence-corrected chi connectivity index (χ3v) is 6.50. The van der Waals surface area contributed by atoms with E-state index in [0.717, 1.165) is 35.5 Å². The second-order valence-corrected chi connectivity index (χ2v) is 8.90. The van der Waals surface area contributed by atoms with Crippen molar-refractivity contribution in [2.75, 3.05) is 18.6 Å². The lowest BCUT2D eigenvalue weighted by Gasteiger charge is -2.37. The number of methoxy groups -OCH3 is 1. The summed E-state index contributed by atoms with van der Waals surface area (Å²) in [6.07, 6.45) is 6.86. The first-order chi connectivity index (χ1) is 16.9. The lowest BCUT2D eigenvalue weighted by molar-refractivity contribution is -0.136. The Morgan fingerprint density at radius 1 is 1.14 bits per heavy atom. The van der Waals surface area contributed by atoms with Gasteiger partial charge in [0.15, 0.2) is 0 Å². The molecule has 0 atom stereocenters. The zero-order valence-electron chi connectivity index (χ0n) is 19.1. The van der Waals surface area contributed by atoms with Gasteiger partial charge in [0.1, 0.15) is 5.70 Å². The van der Waals surface area contributed by atoms with E-state index in [1.807, 2.05) is 52.3 Å². The molecule has 6 nitrogen and oxygen atoms in total. The fourth-order valence-electron chi connectivity index (χ4n) is 4.43. The van der Waals surface area contributed by atoms with Gasteiger partial charge in [-0.05, 0) is 60.4 Å². The van der Waals surface area contributed by atoms with Gasteiger partial charge in [0.05, 0.1) is 24.9 Å². The number of hydrogen-bond acceptors (Lipinski definition) is 5. The van der Waals surface area contributed by atoms with Crippen molar-refractivity contribution >= 4 is 40.5 Å². The second-order valence-electron chi connectivity index (χ2n) is 8.47. The van der Waals surface area contributed by atoms with Crippen LogP contribution in [0, 0.1) is 0 Å². The molecule has 0 aromatic heterocycles. The van der Waals surface area contributed by atoms with Gasteiger partial charge in [0.25, 0.3) is 0 Å². The highest BCUT2D eigenvalue weighted by Gasteiger charge is 2.35. The molecular weight excluding hydrogens is 464 g/mol. The highest BCUT2D eigenvalue weighted by Crippen LogP contribution is 2.46. The lowest BCUT2D eigenvalue weighted by Crippen LogP contribution is -2.33. The molecule has 0 radical (unpaired) electrons. The van der Waals surface area contributed by atoms with Crippen molar-refractivity contribution in [1.82, 2.24) is 4.90 Å². The summed E-state index contributed by atoms with van der Waals surface area (Å²) in [5, 5.41) is 10.0. The van der Waals surface area contributed by atoms with Gasteiger partial charge in [0, 0.05) is 33.7 Å². The predicted octanol–water partition coefficient (Wildman–Crippen LogP) is 5.82. The summed E-state index contributed by atoms with van der Waals surface area (Å²) in [5.41, 5.74) is 6.35. The summed E-state index contributed by atoms with van der Waals surface area (Å²) in [5.74, 6) is -1.48. The Labute approximate surface area is 208 Å². The summed E-state index contributed by atoms with van der Waals surface area (Å²) >= 11 is 6.36. The van der Waals surface area contributed by atoms with Gasteiger partial charge in [-0.1, -0.05) is 42.4 Å². The molecule has 1 fully saturated rings. The van der Waals surface area contributed by atoms with E-state index in [0.29, 0.717) is 28.4 Å². The van der Waals surface area contributed by atoms with Crippen molar-refractivity contribution in [3.63, 3.8) is 0 Å². The summed E-state index contributed by atoms with van der Waals surface area (Å²) in [6.45, 7) is 4.66. The third-order valence-electron chi connectivity index (χ3n) is 6.27. The Kier molecular flexibility index (Phi) is 5.83. The number of carboxylic acids is 1. The first-order valence-electron chi connectivity index (χ1n) is 11.2. The molecular formula is C28H23ClN2O4. The molecule has 2 aromatic rings. The number of hydrogen-bond donors (Lipinski definition) is 1. The van der Waals surface area contributed by atoms with Crippen molar-refractivity contribution in [3.8, 4) is 0 Å². The number of halogens is 1. The Balaban J connectivity index is 1.68. The first-order valence-corrected chi connectivity index (χ1v) is 11.5. The molecule has 176 valence electrons. The zero-order valence-corrected chi connectivity index (χ0v) is 19.9. The number of aliphatic carboxylic acids is 1. The highest BCUT2D eigenvalue weighted by molar-refractivity contribution is 6.31. The number of ether oxygens (including phenoxy) is 1. The number of anilines is 2. The van der Waals surface area contributed by atoms with Crippen LogP contribution in [-0.2, 0) is 14.3 Å².